The lowest BCUT2D eigenvalue weighted by Crippen LogP contribution is -2.31. The van der Waals surface area contributed by atoms with Gasteiger partial charge in [-0.05, 0) is 0 Å². The predicted molar refractivity (Wildman–Crippen MR) is 30.0 cm³/mol. The number of amides is 1. The maximum atomic E-state index is 10.4. The zero-order valence-corrected chi connectivity index (χ0v) is 5.27. The normalized spacial score (nSPS) is 8.00. The van der Waals surface area contributed by atoms with Gasteiger partial charge < -0.3 is 0 Å². The Morgan fingerprint density at radius 2 is 2.40 bits per heavy atom. The summed E-state index contributed by atoms with van der Waals surface area (Å²) in [6.45, 7) is 0. The van der Waals surface area contributed by atoms with Crippen LogP contribution in [0.25, 0.3) is 0 Å². The number of carbonyl (C=O) groups excluding carboxylic acids is 1. The minimum absolute atomic E-state index is 0.281. The number of hydrogen-bond donors (Lipinski definition) is 0. The first-order valence-corrected chi connectivity index (χ1v) is 2.37. The van der Waals surface area contributed by atoms with Gasteiger partial charge in [-0.25, -0.2) is 10.1 Å². The zero-order valence-electron chi connectivity index (χ0n) is 5.27. The van der Waals surface area contributed by atoms with Crippen LogP contribution in [0.3, 0.4) is 0 Å². The third kappa shape index (κ3) is 2.09. The van der Waals surface area contributed by atoms with E-state index in [1.165, 1.54) is 6.07 Å². The summed E-state index contributed by atoms with van der Waals surface area (Å²) in [4.78, 5) is 20.3. The van der Waals surface area contributed by atoms with Crippen molar-refractivity contribution < 1.29 is 9.83 Å². The van der Waals surface area contributed by atoms with Crippen molar-refractivity contribution in [2.24, 2.45) is 0 Å². The van der Waals surface area contributed by atoms with Gasteiger partial charge in [-0.2, -0.15) is 5.26 Å². The lowest BCUT2D eigenvalue weighted by atomic mass is 10.4. The molecule has 0 aromatic carbocycles. The minimum Gasteiger partial charge on any atom is -0.268 e. The molecule has 0 aromatic heterocycles. The van der Waals surface area contributed by atoms with E-state index in [4.69, 9.17) is 5.26 Å². The summed E-state index contributed by atoms with van der Waals surface area (Å²) < 4.78 is 0. The van der Waals surface area contributed by atoms with Crippen LogP contribution in [0.2, 0.25) is 0 Å². The smallest absolute Gasteiger partial charge is 0.268 e. The number of nitrogens with zero attached hydrogens (tertiary/aromatic N) is 3. The van der Waals surface area contributed by atoms with E-state index in [0.29, 0.717) is 0 Å². The number of nitro groups is 1. The average Bonchev–Trinajstić information content (AvgIpc) is 1.87. The van der Waals surface area contributed by atoms with Crippen LogP contribution in [-0.4, -0.2) is 23.0 Å². The van der Waals surface area contributed by atoms with Crippen molar-refractivity contribution in [1.29, 1.82) is 5.26 Å². The summed E-state index contributed by atoms with van der Waals surface area (Å²) in [6, 6.07) is 1.51. The molecule has 6 nitrogen and oxygen atoms in total. The molecule has 0 N–H and O–H groups in total. The fourth-order valence-electron chi connectivity index (χ4n) is 0.273. The van der Waals surface area contributed by atoms with E-state index >= 15 is 0 Å². The van der Waals surface area contributed by atoms with Gasteiger partial charge in [-0.15, -0.1) is 0 Å². The molecule has 10 heavy (non-hydrogen) atoms. The molecular formula is C4H5N3O3. The Kier molecular flexibility index (Phi) is 2.84. The molecule has 0 aliphatic rings. The molecule has 0 fully saturated rings. The van der Waals surface area contributed by atoms with Crippen molar-refractivity contribution in [3.63, 3.8) is 0 Å². The van der Waals surface area contributed by atoms with Gasteiger partial charge in [0.25, 0.3) is 5.91 Å². The Morgan fingerprint density at radius 1 is 1.90 bits per heavy atom. The quantitative estimate of drug-likeness (QED) is 0.387. The molecule has 0 heterocycles. The van der Waals surface area contributed by atoms with Crippen LogP contribution < -0.4 is 0 Å². The third-order valence-corrected chi connectivity index (χ3v) is 0.836. The molecule has 0 radical (unpaired) electrons. The van der Waals surface area contributed by atoms with E-state index < -0.39 is 17.4 Å². The van der Waals surface area contributed by atoms with Crippen LogP contribution >= 0.6 is 0 Å². The molecule has 0 atom stereocenters. The Balaban J connectivity index is 3.98. The van der Waals surface area contributed by atoms with Crippen LogP contribution in [0.5, 0.6) is 0 Å². The van der Waals surface area contributed by atoms with E-state index in [1.54, 1.807) is 0 Å². The fourth-order valence-corrected chi connectivity index (χ4v) is 0.273. The molecule has 0 saturated carbocycles. The first-order valence-electron chi connectivity index (χ1n) is 2.37. The van der Waals surface area contributed by atoms with Gasteiger partial charge in [0.15, 0.2) is 5.03 Å². The van der Waals surface area contributed by atoms with E-state index in [9.17, 15) is 14.9 Å². The highest BCUT2D eigenvalue weighted by molar-refractivity contribution is 5.76. The Bertz CT molecular complexity index is 194. The van der Waals surface area contributed by atoms with E-state index in [0.717, 1.165) is 7.05 Å². The highest BCUT2D eigenvalue weighted by atomic mass is 16.7. The molecule has 0 unspecified atom stereocenters. The number of hydrogen-bond acceptors (Lipinski definition) is 4. The van der Waals surface area contributed by atoms with Crippen LogP contribution in [0.1, 0.15) is 6.42 Å². The number of hydrazine groups is 1. The van der Waals surface area contributed by atoms with Crippen molar-refractivity contribution >= 4 is 5.91 Å². The molecule has 0 aromatic rings. The van der Waals surface area contributed by atoms with Gasteiger partial charge >= 0.3 is 0 Å². The molecular weight excluding hydrogens is 138 g/mol. The first kappa shape index (κ1) is 8.36. The van der Waals surface area contributed by atoms with Crippen LogP contribution in [0.4, 0.5) is 0 Å². The second kappa shape index (κ2) is 3.40. The van der Waals surface area contributed by atoms with E-state index in [1.807, 2.05) is 0 Å². The molecule has 0 aliphatic carbocycles. The van der Waals surface area contributed by atoms with Gasteiger partial charge in [0.2, 0.25) is 0 Å². The largest absolute Gasteiger partial charge is 0.297 e. The highest BCUT2D eigenvalue weighted by Crippen LogP contribution is 1.87. The highest BCUT2D eigenvalue weighted by Gasteiger charge is 2.16. The first-order chi connectivity index (χ1) is 4.59. The molecule has 0 aliphatic heterocycles. The van der Waals surface area contributed by atoms with Gasteiger partial charge in [-0.3, -0.25) is 4.79 Å². The van der Waals surface area contributed by atoms with Crippen molar-refractivity contribution in [3.05, 3.63) is 10.1 Å². The SMILES string of the molecule is CN(C(=O)CC#N)[N+](=O)[O-]. The molecule has 6 heteroatoms. The Hall–Kier alpha value is -1.64. The van der Waals surface area contributed by atoms with Gasteiger partial charge in [0.05, 0.1) is 13.1 Å². The summed E-state index contributed by atoms with van der Waals surface area (Å²) in [7, 11) is 1.000. The molecule has 1 amide bonds. The molecule has 54 valence electrons. The summed E-state index contributed by atoms with van der Waals surface area (Å²) in [5.41, 5.74) is 0. The second-order valence-corrected chi connectivity index (χ2v) is 1.49. The van der Waals surface area contributed by atoms with Crippen LogP contribution in [0, 0.1) is 21.4 Å². The van der Waals surface area contributed by atoms with Crippen LogP contribution in [-0.2, 0) is 4.79 Å². The lowest BCUT2D eigenvalue weighted by Gasteiger charge is -2.01. The van der Waals surface area contributed by atoms with E-state index in [2.05, 4.69) is 0 Å². The average molecular weight is 143 g/mol. The summed E-state index contributed by atoms with van der Waals surface area (Å²) >= 11 is 0. The van der Waals surface area contributed by atoms with Gasteiger partial charge in [0.1, 0.15) is 6.42 Å². The maximum Gasteiger partial charge on any atom is 0.297 e. The number of carbonyl (C=O) groups is 1. The van der Waals surface area contributed by atoms with Gasteiger partial charge in [0, 0.05) is 0 Å². The summed E-state index contributed by atoms with van der Waals surface area (Å²) in [5, 5.41) is 17.2. The summed E-state index contributed by atoms with van der Waals surface area (Å²) in [5.74, 6) is -0.812. The monoisotopic (exact) mass is 143 g/mol. The molecule has 0 rings (SSSR count). The van der Waals surface area contributed by atoms with Crippen LogP contribution in [0.15, 0.2) is 0 Å². The minimum atomic E-state index is -0.875. The third-order valence-electron chi connectivity index (χ3n) is 0.836. The Morgan fingerprint density at radius 3 is 2.70 bits per heavy atom. The fraction of sp³-hybridized carbons (Fsp3) is 0.500. The molecule has 0 saturated heterocycles. The molecule has 0 bridgehead atoms. The second-order valence-electron chi connectivity index (χ2n) is 1.49. The lowest BCUT2D eigenvalue weighted by molar-refractivity contribution is -0.628. The topological polar surface area (TPSA) is 87.2 Å². The maximum absolute atomic E-state index is 10.4. The number of rotatable bonds is 2. The summed E-state index contributed by atoms with van der Waals surface area (Å²) in [6.07, 6.45) is -0.461. The van der Waals surface area contributed by atoms with Crippen molar-refractivity contribution in [2.75, 3.05) is 7.05 Å². The van der Waals surface area contributed by atoms with Gasteiger partial charge in [-0.1, -0.05) is 5.01 Å². The Labute approximate surface area is 56.8 Å². The van der Waals surface area contributed by atoms with Crippen molar-refractivity contribution in [2.45, 2.75) is 6.42 Å². The predicted octanol–water partition coefficient (Wildman–Crippen LogP) is -0.450. The molecule has 0 spiro atoms. The standard InChI is InChI=1S/C4H5N3O3/c1-6(7(9)10)4(8)2-3-5/h2H2,1H3. The van der Waals surface area contributed by atoms with Crippen molar-refractivity contribution in [1.82, 2.24) is 5.01 Å². The number of nitriles is 1. The van der Waals surface area contributed by atoms with Crippen molar-refractivity contribution in [3.8, 4) is 6.07 Å². The zero-order chi connectivity index (χ0) is 8.15. The van der Waals surface area contributed by atoms with E-state index in [-0.39, 0.29) is 5.01 Å².